The van der Waals surface area contributed by atoms with Gasteiger partial charge in [-0.25, -0.2) is 0 Å². The van der Waals surface area contributed by atoms with Crippen LogP contribution in [0.2, 0.25) is 0 Å². The number of alkyl halides is 3. The van der Waals surface area contributed by atoms with E-state index in [0.29, 0.717) is 12.0 Å². The first-order chi connectivity index (χ1) is 6.41. The van der Waals surface area contributed by atoms with Gasteiger partial charge in [0.25, 0.3) is 0 Å². The van der Waals surface area contributed by atoms with Crippen LogP contribution in [0.5, 0.6) is 0 Å². The molecule has 0 radical (unpaired) electrons. The average molecular weight is 201 g/mol. The summed E-state index contributed by atoms with van der Waals surface area (Å²) in [4.78, 5) is 0. The van der Waals surface area contributed by atoms with Gasteiger partial charge in [0.15, 0.2) is 0 Å². The van der Waals surface area contributed by atoms with Gasteiger partial charge in [-0.15, -0.1) is 0 Å². The van der Waals surface area contributed by atoms with Crippen LogP contribution in [0, 0.1) is 11.8 Å². The molecule has 0 aromatic heterocycles. The number of allylic oxidation sites excluding steroid dienone is 4. The Morgan fingerprint density at radius 3 is 2.43 bits per heavy atom. The first-order valence-corrected chi connectivity index (χ1v) is 4.10. The minimum atomic E-state index is -4.38. The molecule has 0 aromatic rings. The van der Waals surface area contributed by atoms with Crippen molar-refractivity contribution in [2.45, 2.75) is 25.9 Å². The Bertz CT molecular complexity index is 350. The van der Waals surface area contributed by atoms with E-state index in [4.69, 9.17) is 5.73 Å². The zero-order valence-electron chi connectivity index (χ0n) is 7.70. The summed E-state index contributed by atoms with van der Waals surface area (Å²) in [7, 11) is 0. The second-order valence-corrected chi connectivity index (χ2v) is 3.13. The molecule has 0 atom stereocenters. The Kier molecular flexibility index (Phi) is 2.90. The number of halogens is 3. The van der Waals surface area contributed by atoms with Crippen molar-refractivity contribution in [3.8, 4) is 11.8 Å². The van der Waals surface area contributed by atoms with E-state index in [2.05, 4.69) is 11.8 Å². The van der Waals surface area contributed by atoms with Gasteiger partial charge in [-0.3, -0.25) is 0 Å². The molecule has 1 nitrogen and oxygen atoms in total. The lowest BCUT2D eigenvalue weighted by molar-refractivity contribution is -0.0892. The zero-order valence-corrected chi connectivity index (χ0v) is 7.70. The van der Waals surface area contributed by atoms with Gasteiger partial charge in [0.2, 0.25) is 0 Å². The molecule has 1 aliphatic carbocycles. The predicted octanol–water partition coefficient (Wildman–Crippen LogP) is 2.51. The van der Waals surface area contributed by atoms with E-state index in [1.165, 1.54) is 0 Å². The zero-order chi connectivity index (χ0) is 10.8. The van der Waals surface area contributed by atoms with Crippen LogP contribution in [-0.2, 0) is 0 Å². The highest BCUT2D eigenvalue weighted by Crippen LogP contribution is 2.30. The molecule has 0 aromatic carbocycles. The summed E-state index contributed by atoms with van der Waals surface area (Å²) in [6.07, 6.45) is -2.96. The smallest absolute Gasteiger partial charge is 0.401 e. The molecule has 0 spiro atoms. The summed E-state index contributed by atoms with van der Waals surface area (Å²) < 4.78 is 37.3. The minimum Gasteiger partial charge on any atom is -0.401 e. The molecule has 0 heterocycles. The van der Waals surface area contributed by atoms with Crippen LogP contribution in [0.25, 0.3) is 0 Å². The van der Waals surface area contributed by atoms with Gasteiger partial charge in [-0.1, -0.05) is 17.4 Å². The summed E-state index contributed by atoms with van der Waals surface area (Å²) in [5.41, 5.74) is 4.92. The fourth-order valence-corrected chi connectivity index (χ4v) is 1.11. The van der Waals surface area contributed by atoms with Crippen molar-refractivity contribution in [2.75, 3.05) is 0 Å². The standard InChI is InChI=1S/C10H10F3N/c1-7-4-2-3-5-9(14)8(6-7)10(11,12)13/h6H,4-5,14H2,1H3/b7-6-,9-8-. The summed E-state index contributed by atoms with van der Waals surface area (Å²) in [6.45, 7) is 1.61. The third-order valence-corrected chi connectivity index (χ3v) is 1.81. The Hall–Kier alpha value is -1.37. The first-order valence-electron chi connectivity index (χ1n) is 4.10. The van der Waals surface area contributed by atoms with Crippen LogP contribution in [-0.4, -0.2) is 6.18 Å². The van der Waals surface area contributed by atoms with Gasteiger partial charge < -0.3 is 5.73 Å². The fourth-order valence-electron chi connectivity index (χ4n) is 1.11. The van der Waals surface area contributed by atoms with E-state index in [-0.39, 0.29) is 12.1 Å². The molecule has 1 rings (SSSR count). The largest absolute Gasteiger partial charge is 0.418 e. The van der Waals surface area contributed by atoms with Gasteiger partial charge in [0.05, 0.1) is 5.57 Å². The predicted molar refractivity (Wildman–Crippen MR) is 48.0 cm³/mol. The summed E-state index contributed by atoms with van der Waals surface area (Å²) in [6, 6.07) is 0. The molecule has 14 heavy (non-hydrogen) atoms. The SMILES string of the molecule is C/C1=C/C(C(F)(F)F)=C(/N)CC#CC1. The van der Waals surface area contributed by atoms with Gasteiger partial charge in [0, 0.05) is 18.5 Å². The number of hydrogen-bond acceptors (Lipinski definition) is 1. The van der Waals surface area contributed by atoms with E-state index in [9.17, 15) is 13.2 Å². The molecule has 0 bridgehead atoms. The molecule has 1 aliphatic rings. The van der Waals surface area contributed by atoms with Crippen LogP contribution in [0.3, 0.4) is 0 Å². The van der Waals surface area contributed by atoms with Crippen molar-refractivity contribution >= 4 is 0 Å². The Morgan fingerprint density at radius 2 is 1.86 bits per heavy atom. The fraction of sp³-hybridized carbons (Fsp3) is 0.400. The normalized spacial score (nSPS) is 26.7. The third-order valence-electron chi connectivity index (χ3n) is 1.81. The lowest BCUT2D eigenvalue weighted by Crippen LogP contribution is -2.17. The highest BCUT2D eigenvalue weighted by molar-refractivity contribution is 5.36. The number of hydrogen-bond donors (Lipinski definition) is 1. The highest BCUT2D eigenvalue weighted by atomic mass is 19.4. The average Bonchev–Trinajstić information content (AvgIpc) is 2.03. The monoisotopic (exact) mass is 201 g/mol. The van der Waals surface area contributed by atoms with E-state index < -0.39 is 11.7 Å². The maximum Gasteiger partial charge on any atom is 0.418 e. The molecule has 76 valence electrons. The molecular weight excluding hydrogens is 191 g/mol. The Balaban J connectivity index is 3.17. The molecule has 0 amide bonds. The van der Waals surface area contributed by atoms with Crippen LogP contribution >= 0.6 is 0 Å². The molecule has 0 unspecified atom stereocenters. The van der Waals surface area contributed by atoms with Crippen molar-refractivity contribution in [2.24, 2.45) is 5.73 Å². The molecule has 4 heteroatoms. The molecule has 0 saturated heterocycles. The minimum absolute atomic E-state index is 0.0153. The van der Waals surface area contributed by atoms with E-state index in [1.807, 2.05) is 0 Å². The van der Waals surface area contributed by atoms with Crippen molar-refractivity contribution in [1.29, 1.82) is 0 Å². The lowest BCUT2D eigenvalue weighted by Gasteiger charge is -2.12. The molecule has 0 aliphatic heterocycles. The number of nitrogens with two attached hydrogens (primary N) is 1. The van der Waals surface area contributed by atoms with Crippen molar-refractivity contribution in [1.82, 2.24) is 0 Å². The molecule has 0 fully saturated rings. The van der Waals surface area contributed by atoms with Gasteiger partial charge in [-0.2, -0.15) is 13.2 Å². The second kappa shape index (κ2) is 3.79. The highest BCUT2D eigenvalue weighted by Gasteiger charge is 2.34. The topological polar surface area (TPSA) is 26.0 Å². The van der Waals surface area contributed by atoms with Gasteiger partial charge in [-0.05, 0) is 13.0 Å². The van der Waals surface area contributed by atoms with E-state index >= 15 is 0 Å². The Morgan fingerprint density at radius 1 is 1.29 bits per heavy atom. The third kappa shape index (κ3) is 2.56. The number of rotatable bonds is 0. The molecular formula is C10H10F3N. The summed E-state index contributed by atoms with van der Waals surface area (Å²) in [5.74, 6) is 5.34. The van der Waals surface area contributed by atoms with Crippen LogP contribution in [0.1, 0.15) is 19.8 Å². The second-order valence-electron chi connectivity index (χ2n) is 3.13. The van der Waals surface area contributed by atoms with Crippen molar-refractivity contribution in [3.05, 3.63) is 22.9 Å². The summed E-state index contributed by atoms with van der Waals surface area (Å²) in [5, 5.41) is 0. The maximum atomic E-state index is 12.4. The Labute approximate surface area is 80.5 Å². The molecule has 0 saturated carbocycles. The lowest BCUT2D eigenvalue weighted by atomic mass is 10.0. The molecule has 2 N–H and O–H groups in total. The van der Waals surface area contributed by atoms with Gasteiger partial charge >= 0.3 is 6.18 Å². The van der Waals surface area contributed by atoms with E-state index in [1.54, 1.807) is 6.92 Å². The van der Waals surface area contributed by atoms with E-state index in [0.717, 1.165) is 6.08 Å². The van der Waals surface area contributed by atoms with Crippen LogP contribution < -0.4 is 5.73 Å². The first kappa shape index (κ1) is 10.7. The van der Waals surface area contributed by atoms with Crippen molar-refractivity contribution in [3.63, 3.8) is 0 Å². The quantitative estimate of drug-likeness (QED) is 0.599. The van der Waals surface area contributed by atoms with Gasteiger partial charge in [0.1, 0.15) is 0 Å². The van der Waals surface area contributed by atoms with Crippen LogP contribution in [0.4, 0.5) is 13.2 Å². The summed E-state index contributed by atoms with van der Waals surface area (Å²) >= 11 is 0. The van der Waals surface area contributed by atoms with Crippen LogP contribution in [0.15, 0.2) is 22.9 Å². The maximum absolute atomic E-state index is 12.4. The van der Waals surface area contributed by atoms with Crippen molar-refractivity contribution < 1.29 is 13.2 Å².